The molecule has 0 radical (unpaired) electrons. The molecular weight excluding hydrogens is 166 g/mol. The molecule has 1 nitrogen and oxygen atoms in total. The van der Waals surface area contributed by atoms with Crippen molar-refractivity contribution in [2.75, 3.05) is 0 Å². The van der Waals surface area contributed by atoms with E-state index in [1.165, 1.54) is 9.88 Å². The van der Waals surface area contributed by atoms with E-state index in [1.54, 1.807) is 0 Å². The number of nitrogens with zero attached hydrogens (tertiary/aromatic N) is 1. The van der Waals surface area contributed by atoms with Crippen molar-refractivity contribution in [2.45, 2.75) is 39.5 Å². The van der Waals surface area contributed by atoms with Crippen molar-refractivity contribution < 1.29 is 4.57 Å². The van der Waals surface area contributed by atoms with Gasteiger partial charge in [0.1, 0.15) is 7.05 Å². The van der Waals surface area contributed by atoms with E-state index in [-0.39, 0.29) is 0 Å². The van der Waals surface area contributed by atoms with Crippen LogP contribution in [0.2, 0.25) is 0 Å². The minimum absolute atomic E-state index is 0.646. The van der Waals surface area contributed by atoms with Crippen molar-refractivity contribution in [3.8, 4) is 0 Å². The fourth-order valence-electron chi connectivity index (χ4n) is 1.27. The fourth-order valence-corrected chi connectivity index (χ4v) is 2.39. The standard InChI is InChI=1S/C10H18NS/c1-7(2)9-6-11(5)10(12-9)8(3)4/h6-8H,1-5H3/q+1. The van der Waals surface area contributed by atoms with Gasteiger partial charge in [-0.1, -0.05) is 39.0 Å². The van der Waals surface area contributed by atoms with Gasteiger partial charge in [0.15, 0.2) is 6.20 Å². The molecule has 0 saturated heterocycles. The number of aromatic nitrogens is 1. The smallest absolute Gasteiger partial charge is 0.195 e. The molecule has 68 valence electrons. The van der Waals surface area contributed by atoms with Gasteiger partial charge in [0.05, 0.1) is 4.88 Å². The maximum absolute atomic E-state index is 2.25. The number of hydrogen-bond acceptors (Lipinski definition) is 1. The van der Waals surface area contributed by atoms with Crippen LogP contribution in [0.3, 0.4) is 0 Å². The summed E-state index contributed by atoms with van der Waals surface area (Å²) in [5, 5.41) is 1.47. The second-order valence-electron chi connectivity index (χ2n) is 3.89. The van der Waals surface area contributed by atoms with Crippen LogP contribution in [0.5, 0.6) is 0 Å². The quantitative estimate of drug-likeness (QED) is 0.622. The Morgan fingerprint density at radius 2 is 1.75 bits per heavy atom. The molecule has 1 aromatic rings. The molecule has 1 heterocycles. The topological polar surface area (TPSA) is 3.88 Å². The highest BCUT2D eigenvalue weighted by molar-refractivity contribution is 7.11. The Hall–Kier alpha value is -0.370. The van der Waals surface area contributed by atoms with Gasteiger partial charge in [0.25, 0.3) is 0 Å². The van der Waals surface area contributed by atoms with Crippen LogP contribution < -0.4 is 4.57 Å². The maximum Gasteiger partial charge on any atom is 0.239 e. The molecule has 1 rings (SSSR count). The summed E-state index contributed by atoms with van der Waals surface area (Å²) in [7, 11) is 2.14. The van der Waals surface area contributed by atoms with Crippen LogP contribution in [0, 0.1) is 0 Å². The van der Waals surface area contributed by atoms with Crippen LogP contribution in [-0.4, -0.2) is 0 Å². The lowest BCUT2D eigenvalue weighted by Gasteiger charge is -1.94. The van der Waals surface area contributed by atoms with Gasteiger partial charge < -0.3 is 0 Å². The van der Waals surface area contributed by atoms with E-state index in [9.17, 15) is 0 Å². The van der Waals surface area contributed by atoms with Gasteiger partial charge in [0, 0.05) is 5.92 Å². The third kappa shape index (κ3) is 1.86. The van der Waals surface area contributed by atoms with E-state index in [4.69, 9.17) is 0 Å². The first-order valence-corrected chi connectivity index (χ1v) is 5.33. The maximum atomic E-state index is 2.25. The molecule has 0 saturated carbocycles. The van der Waals surface area contributed by atoms with Crippen LogP contribution in [-0.2, 0) is 7.05 Å². The van der Waals surface area contributed by atoms with Crippen LogP contribution in [0.4, 0.5) is 0 Å². The minimum Gasteiger partial charge on any atom is -0.195 e. The molecule has 0 spiro atoms. The number of rotatable bonds is 2. The first-order valence-electron chi connectivity index (χ1n) is 4.51. The van der Waals surface area contributed by atoms with E-state index >= 15 is 0 Å². The van der Waals surface area contributed by atoms with Crippen LogP contribution in [0.15, 0.2) is 6.20 Å². The third-order valence-electron chi connectivity index (χ3n) is 1.95. The van der Waals surface area contributed by atoms with Crippen molar-refractivity contribution in [3.05, 3.63) is 16.1 Å². The summed E-state index contributed by atoms with van der Waals surface area (Å²) in [4.78, 5) is 1.49. The zero-order chi connectivity index (χ0) is 9.30. The van der Waals surface area contributed by atoms with E-state index in [0.29, 0.717) is 11.8 Å². The SMILES string of the molecule is CC(C)c1c[n+](C)c(C(C)C)s1. The molecule has 0 aliphatic carbocycles. The fraction of sp³-hybridized carbons (Fsp3) is 0.700. The minimum atomic E-state index is 0.646. The third-order valence-corrected chi connectivity index (χ3v) is 3.73. The molecule has 0 aromatic carbocycles. The Kier molecular flexibility index (Phi) is 2.89. The van der Waals surface area contributed by atoms with Gasteiger partial charge >= 0.3 is 0 Å². The largest absolute Gasteiger partial charge is 0.239 e. The molecule has 0 fully saturated rings. The lowest BCUT2D eigenvalue weighted by Crippen LogP contribution is -2.30. The summed E-state index contributed by atoms with van der Waals surface area (Å²) in [6, 6.07) is 0. The van der Waals surface area contributed by atoms with E-state index in [0.717, 1.165) is 0 Å². The number of aryl methyl sites for hydroxylation is 1. The first-order chi connectivity index (χ1) is 5.52. The van der Waals surface area contributed by atoms with Gasteiger partial charge in [-0.15, -0.1) is 0 Å². The molecule has 1 aromatic heterocycles. The molecule has 12 heavy (non-hydrogen) atoms. The van der Waals surface area contributed by atoms with Crippen LogP contribution >= 0.6 is 11.3 Å². The Morgan fingerprint density at radius 3 is 2.00 bits per heavy atom. The van der Waals surface area contributed by atoms with Crippen LogP contribution in [0.1, 0.15) is 49.4 Å². The predicted molar refractivity (Wildman–Crippen MR) is 53.7 cm³/mol. The normalized spacial score (nSPS) is 11.6. The van der Waals surface area contributed by atoms with Gasteiger partial charge in [-0.3, -0.25) is 0 Å². The molecule has 0 N–H and O–H groups in total. The summed E-state index contributed by atoms with van der Waals surface area (Å²) < 4.78 is 2.25. The molecule has 0 atom stereocenters. The Morgan fingerprint density at radius 1 is 1.17 bits per heavy atom. The Labute approximate surface area is 79.1 Å². The first kappa shape index (κ1) is 9.72. The average Bonchev–Trinajstić information content (AvgIpc) is 2.30. The lowest BCUT2D eigenvalue weighted by molar-refractivity contribution is -0.675. The molecule has 0 amide bonds. The second kappa shape index (κ2) is 3.56. The zero-order valence-corrected chi connectivity index (χ0v) is 9.40. The summed E-state index contributed by atoms with van der Waals surface area (Å²) in [5.74, 6) is 1.31. The van der Waals surface area contributed by atoms with Gasteiger partial charge in [-0.05, 0) is 5.92 Å². The summed E-state index contributed by atoms with van der Waals surface area (Å²) in [6.07, 6.45) is 2.25. The monoisotopic (exact) mass is 184 g/mol. The highest BCUT2D eigenvalue weighted by atomic mass is 32.1. The predicted octanol–water partition coefficient (Wildman–Crippen LogP) is 2.82. The number of thiazole rings is 1. The second-order valence-corrected chi connectivity index (χ2v) is 4.99. The van der Waals surface area contributed by atoms with E-state index < -0.39 is 0 Å². The highest BCUT2D eigenvalue weighted by Gasteiger charge is 2.18. The zero-order valence-electron chi connectivity index (χ0n) is 8.59. The summed E-state index contributed by atoms with van der Waals surface area (Å²) in [6.45, 7) is 8.98. The Balaban J connectivity index is 3.00. The number of hydrogen-bond donors (Lipinski definition) is 0. The van der Waals surface area contributed by atoms with Gasteiger partial charge in [0.2, 0.25) is 5.01 Å². The molecule has 0 bridgehead atoms. The van der Waals surface area contributed by atoms with Gasteiger partial charge in [-0.25, -0.2) is 0 Å². The van der Waals surface area contributed by atoms with Crippen LogP contribution in [0.25, 0.3) is 0 Å². The highest BCUT2D eigenvalue weighted by Crippen LogP contribution is 2.24. The van der Waals surface area contributed by atoms with Gasteiger partial charge in [-0.2, -0.15) is 4.57 Å². The van der Waals surface area contributed by atoms with E-state index in [2.05, 4.69) is 45.5 Å². The van der Waals surface area contributed by atoms with Crippen molar-refractivity contribution in [1.29, 1.82) is 0 Å². The summed E-state index contributed by atoms with van der Waals surface area (Å²) >= 11 is 1.94. The Bertz CT molecular complexity index is 261. The molecule has 2 heteroatoms. The van der Waals surface area contributed by atoms with E-state index in [1.807, 2.05) is 11.3 Å². The average molecular weight is 184 g/mol. The molecule has 0 aliphatic rings. The lowest BCUT2D eigenvalue weighted by atomic mass is 10.2. The van der Waals surface area contributed by atoms with Crippen molar-refractivity contribution >= 4 is 11.3 Å². The van der Waals surface area contributed by atoms with Crippen molar-refractivity contribution in [1.82, 2.24) is 0 Å². The van der Waals surface area contributed by atoms with Crippen molar-refractivity contribution in [2.24, 2.45) is 7.05 Å². The van der Waals surface area contributed by atoms with Crippen molar-refractivity contribution in [3.63, 3.8) is 0 Å². The molecule has 0 unspecified atom stereocenters. The summed E-state index contributed by atoms with van der Waals surface area (Å²) in [5.41, 5.74) is 0. The molecular formula is C10H18NS+. The molecule has 0 aliphatic heterocycles.